The topological polar surface area (TPSA) is 75.7 Å². The number of ketones is 2. The van der Waals surface area contributed by atoms with Crippen LogP contribution >= 0.6 is 0 Å². The summed E-state index contributed by atoms with van der Waals surface area (Å²) >= 11 is 0. The zero-order chi connectivity index (χ0) is 27.4. The first kappa shape index (κ1) is 24.1. The van der Waals surface area contributed by atoms with E-state index in [1.165, 1.54) is 0 Å². The molecule has 1 saturated heterocycles. The molecule has 0 unspecified atom stereocenters. The maximum Gasteiger partial charge on any atom is 0.238 e. The van der Waals surface area contributed by atoms with E-state index in [2.05, 4.69) is 5.32 Å². The number of carbonyl (C=O) groups is 3. The summed E-state index contributed by atoms with van der Waals surface area (Å²) in [5.41, 5.74) is 2.75. The number of ether oxygens (including phenoxy) is 1. The van der Waals surface area contributed by atoms with Crippen LogP contribution < -0.4 is 15.0 Å². The van der Waals surface area contributed by atoms with Crippen LogP contribution in [-0.4, -0.2) is 36.7 Å². The summed E-state index contributed by atoms with van der Waals surface area (Å²) < 4.78 is 5.32. The molecule has 0 aromatic heterocycles. The molecule has 4 aromatic carbocycles. The lowest BCUT2D eigenvalue weighted by Gasteiger charge is -2.37. The number of hydrogen-bond acceptors (Lipinski definition) is 5. The van der Waals surface area contributed by atoms with Crippen LogP contribution in [0.5, 0.6) is 5.75 Å². The summed E-state index contributed by atoms with van der Waals surface area (Å²) in [5, 5.41) is 3.06. The second kappa shape index (κ2) is 9.06. The Bertz CT molecular complexity index is 1690. The molecule has 0 radical (unpaired) electrons. The Hall–Kier alpha value is -4.97. The fourth-order valence-corrected chi connectivity index (χ4v) is 6.83. The van der Waals surface area contributed by atoms with Gasteiger partial charge in [-0.25, -0.2) is 0 Å². The molecule has 196 valence electrons. The smallest absolute Gasteiger partial charge is 0.238 e. The number of Topliss-reactive ketones (excluding diaryl/α,β-unsaturated/α-hetero) is 2. The molecule has 1 N–H and O–H groups in total. The number of hydrogen-bond donors (Lipinski definition) is 1. The minimum absolute atomic E-state index is 0.198. The summed E-state index contributed by atoms with van der Waals surface area (Å²) in [4.78, 5) is 45.6. The number of fused-ring (bicyclic) bond motifs is 6. The summed E-state index contributed by atoms with van der Waals surface area (Å²) in [5.74, 6) is -1.12. The van der Waals surface area contributed by atoms with Crippen molar-refractivity contribution in [2.24, 2.45) is 5.92 Å². The number of amides is 1. The van der Waals surface area contributed by atoms with Gasteiger partial charge in [0.05, 0.1) is 19.1 Å². The highest BCUT2D eigenvalue weighted by molar-refractivity contribution is 6.18. The molecule has 1 amide bonds. The number of carbonyl (C=O) groups excluding carboxylic acids is 3. The van der Waals surface area contributed by atoms with Crippen molar-refractivity contribution < 1.29 is 19.1 Å². The third-order valence-electron chi connectivity index (χ3n) is 8.53. The van der Waals surface area contributed by atoms with Crippen molar-refractivity contribution in [2.45, 2.75) is 17.5 Å². The highest BCUT2D eigenvalue weighted by Gasteiger charge is 2.70. The molecule has 3 aliphatic rings. The Morgan fingerprint density at radius 3 is 2.25 bits per heavy atom. The first-order valence-corrected chi connectivity index (χ1v) is 13.3. The van der Waals surface area contributed by atoms with Gasteiger partial charge in [0.2, 0.25) is 5.91 Å². The number of benzene rings is 4. The van der Waals surface area contributed by atoms with Gasteiger partial charge in [0.25, 0.3) is 0 Å². The molecule has 6 heteroatoms. The van der Waals surface area contributed by atoms with Crippen molar-refractivity contribution in [1.29, 1.82) is 0 Å². The summed E-state index contributed by atoms with van der Waals surface area (Å²) in [7, 11) is 1.57. The van der Waals surface area contributed by atoms with Crippen LogP contribution in [0, 0.1) is 5.92 Å². The van der Waals surface area contributed by atoms with E-state index < -0.39 is 23.4 Å². The maximum absolute atomic E-state index is 14.7. The highest BCUT2D eigenvalue weighted by Crippen LogP contribution is 2.58. The fraction of sp³-hybridized carbons (Fsp3) is 0.147. The van der Waals surface area contributed by atoms with E-state index in [-0.39, 0.29) is 17.5 Å². The summed E-state index contributed by atoms with van der Waals surface area (Å²) in [6.45, 7) is 0. The molecule has 0 saturated carbocycles. The minimum Gasteiger partial charge on any atom is -0.497 e. The van der Waals surface area contributed by atoms with Gasteiger partial charge in [-0.15, -0.1) is 0 Å². The second-order valence-electron chi connectivity index (χ2n) is 10.4. The van der Waals surface area contributed by atoms with E-state index in [9.17, 15) is 14.4 Å². The molecule has 40 heavy (non-hydrogen) atoms. The predicted molar refractivity (Wildman–Crippen MR) is 154 cm³/mol. The SMILES string of the molecule is COc1ccc(C(=O)[C@@H]2[C@@H](C(=O)c3ccccc3)N3c4ccccc4C=C[C@@H]3[C@@]23C(=O)Nc2ccccc23)cc1. The number of nitrogens with one attached hydrogen (secondary N) is 1. The van der Waals surface area contributed by atoms with E-state index in [0.29, 0.717) is 22.6 Å². The Morgan fingerprint density at radius 1 is 0.800 bits per heavy atom. The highest BCUT2D eigenvalue weighted by atomic mass is 16.5. The average Bonchev–Trinajstić information content (AvgIpc) is 3.49. The number of anilines is 2. The zero-order valence-electron chi connectivity index (χ0n) is 21.8. The minimum atomic E-state index is -1.33. The van der Waals surface area contributed by atoms with Crippen LogP contribution in [0.25, 0.3) is 6.08 Å². The molecule has 1 spiro atoms. The van der Waals surface area contributed by atoms with Gasteiger partial charge in [-0.1, -0.05) is 78.9 Å². The maximum atomic E-state index is 14.7. The van der Waals surface area contributed by atoms with Crippen LogP contribution in [0.1, 0.15) is 31.8 Å². The number of nitrogens with zero attached hydrogens (tertiary/aromatic N) is 1. The normalized spacial score (nSPS) is 23.8. The van der Waals surface area contributed by atoms with Crippen molar-refractivity contribution in [3.8, 4) is 5.75 Å². The third-order valence-corrected chi connectivity index (χ3v) is 8.53. The molecule has 3 heterocycles. The molecule has 0 aliphatic carbocycles. The Morgan fingerprint density at radius 2 is 1.48 bits per heavy atom. The molecular formula is C34H26N2O4. The molecule has 3 aliphatic heterocycles. The largest absolute Gasteiger partial charge is 0.497 e. The standard InChI is InChI=1S/C34H26N2O4/c1-40-24-18-15-23(16-19-24)31(37)29-30(32(38)22-10-3-2-4-11-22)36-27-14-8-5-9-21(27)17-20-28(36)34(29)25-12-6-7-13-26(25)35-33(34)39/h2-20,28-30H,1H3,(H,35,39)/t28-,29+,30+,34-/m1/s1. The van der Waals surface area contributed by atoms with Crippen molar-refractivity contribution in [1.82, 2.24) is 0 Å². The first-order chi connectivity index (χ1) is 19.6. The van der Waals surface area contributed by atoms with Crippen LogP contribution in [0.15, 0.2) is 109 Å². The lowest BCUT2D eigenvalue weighted by Crippen LogP contribution is -2.51. The zero-order valence-corrected chi connectivity index (χ0v) is 21.8. The Labute approximate surface area is 231 Å². The molecular weight excluding hydrogens is 500 g/mol. The van der Waals surface area contributed by atoms with E-state index in [0.717, 1.165) is 16.8 Å². The molecule has 0 bridgehead atoms. The van der Waals surface area contributed by atoms with Crippen LogP contribution in [0.2, 0.25) is 0 Å². The third kappa shape index (κ3) is 3.26. The number of rotatable bonds is 5. The second-order valence-corrected chi connectivity index (χ2v) is 10.4. The van der Waals surface area contributed by atoms with E-state index in [1.807, 2.05) is 83.8 Å². The van der Waals surface area contributed by atoms with E-state index in [4.69, 9.17) is 4.74 Å². The van der Waals surface area contributed by atoms with E-state index in [1.54, 1.807) is 43.5 Å². The number of para-hydroxylation sites is 2. The van der Waals surface area contributed by atoms with E-state index >= 15 is 0 Å². The molecule has 4 atom stereocenters. The lowest BCUT2D eigenvalue weighted by atomic mass is 9.64. The van der Waals surface area contributed by atoms with Gasteiger partial charge < -0.3 is 15.0 Å². The van der Waals surface area contributed by atoms with Crippen LogP contribution in [0.3, 0.4) is 0 Å². The van der Waals surface area contributed by atoms with Gasteiger partial charge in [-0.2, -0.15) is 0 Å². The summed E-state index contributed by atoms with van der Waals surface area (Å²) in [6, 6.07) is 29.7. The monoisotopic (exact) mass is 526 g/mol. The first-order valence-electron chi connectivity index (χ1n) is 13.3. The molecule has 7 rings (SSSR count). The lowest BCUT2D eigenvalue weighted by molar-refractivity contribution is -0.121. The Kier molecular flexibility index (Phi) is 5.46. The molecule has 1 fully saturated rings. The molecule has 4 aromatic rings. The van der Waals surface area contributed by atoms with Gasteiger partial charge >= 0.3 is 0 Å². The van der Waals surface area contributed by atoms with Gasteiger partial charge in [0.15, 0.2) is 11.6 Å². The van der Waals surface area contributed by atoms with Gasteiger partial charge in [-0.05, 0) is 47.5 Å². The van der Waals surface area contributed by atoms with Crippen molar-refractivity contribution >= 4 is 34.9 Å². The quantitative estimate of drug-likeness (QED) is 0.345. The Balaban J connectivity index is 1.52. The average molecular weight is 527 g/mol. The van der Waals surface area contributed by atoms with Gasteiger partial charge in [0.1, 0.15) is 17.2 Å². The predicted octanol–water partition coefficient (Wildman–Crippen LogP) is 5.55. The van der Waals surface area contributed by atoms with Gasteiger partial charge in [0, 0.05) is 22.5 Å². The number of methoxy groups -OCH3 is 1. The van der Waals surface area contributed by atoms with Crippen LogP contribution in [-0.2, 0) is 10.2 Å². The van der Waals surface area contributed by atoms with Crippen molar-refractivity contribution in [2.75, 3.05) is 17.3 Å². The van der Waals surface area contributed by atoms with Crippen LogP contribution in [0.4, 0.5) is 11.4 Å². The molecule has 6 nitrogen and oxygen atoms in total. The van der Waals surface area contributed by atoms with Gasteiger partial charge in [-0.3, -0.25) is 14.4 Å². The fourth-order valence-electron chi connectivity index (χ4n) is 6.83. The van der Waals surface area contributed by atoms with Crippen molar-refractivity contribution in [3.63, 3.8) is 0 Å². The summed E-state index contributed by atoms with van der Waals surface area (Å²) in [6.07, 6.45) is 3.98. The van der Waals surface area contributed by atoms with Crippen molar-refractivity contribution in [3.05, 3.63) is 131 Å².